The Kier molecular flexibility index (Phi) is 3.04. The lowest BCUT2D eigenvalue weighted by Crippen LogP contribution is -2.45. The van der Waals surface area contributed by atoms with Crippen molar-refractivity contribution in [3.63, 3.8) is 0 Å². The van der Waals surface area contributed by atoms with Crippen molar-refractivity contribution in [1.29, 1.82) is 0 Å². The maximum Gasteiger partial charge on any atom is 0.458 e. The lowest BCUT2D eigenvalue weighted by atomic mass is 10.0. The number of aliphatic hydroxyl groups is 1. The predicted molar refractivity (Wildman–Crippen MR) is 57.6 cm³/mol. The van der Waals surface area contributed by atoms with Crippen LogP contribution in [0.3, 0.4) is 0 Å². The summed E-state index contributed by atoms with van der Waals surface area (Å²) in [6.07, 6.45) is -5.62. The second-order valence-corrected chi connectivity index (χ2v) is 3.99. The summed E-state index contributed by atoms with van der Waals surface area (Å²) >= 11 is 0. The largest absolute Gasteiger partial charge is 0.458 e. The van der Waals surface area contributed by atoms with Crippen LogP contribution in [-0.4, -0.2) is 22.8 Å². The molecule has 0 bridgehead atoms. The number of alkyl halides is 3. The highest BCUT2D eigenvalue weighted by atomic mass is 19.4. The lowest BCUT2D eigenvalue weighted by molar-refractivity contribution is -0.355. The Hall–Kier alpha value is -1.60. The first-order chi connectivity index (χ1) is 8.36. The molecule has 0 saturated carbocycles. The summed E-state index contributed by atoms with van der Waals surface area (Å²) in [5.74, 6) is -3.24. The molecule has 98 valence electrons. The molecule has 1 heterocycles. The molecule has 1 atom stereocenters. The minimum atomic E-state index is -4.89. The Balaban J connectivity index is 2.23. The van der Waals surface area contributed by atoms with E-state index in [1.165, 1.54) is 0 Å². The van der Waals surface area contributed by atoms with E-state index in [4.69, 9.17) is 5.73 Å². The maximum atomic E-state index is 12.5. The average molecular weight is 260 g/mol. The molecule has 0 fully saturated rings. The van der Waals surface area contributed by atoms with Crippen LogP contribution in [0.25, 0.3) is 0 Å². The molecule has 1 aliphatic rings. The molecule has 0 amide bonds. The Morgan fingerprint density at radius 3 is 2.72 bits per heavy atom. The van der Waals surface area contributed by atoms with Gasteiger partial charge < -0.3 is 15.7 Å². The number of hydrogen-bond acceptors (Lipinski definition) is 4. The number of nitrogens with zero attached hydrogens (tertiary/aromatic N) is 1. The number of oxime groups is 1. The zero-order valence-electron chi connectivity index (χ0n) is 9.24. The van der Waals surface area contributed by atoms with Crippen LogP contribution in [0.5, 0.6) is 0 Å². The fraction of sp³-hybridized carbons (Fsp3) is 0.364. The number of halogens is 3. The summed E-state index contributed by atoms with van der Waals surface area (Å²) in [4.78, 5) is 4.13. The molecule has 0 aliphatic carbocycles. The molecule has 3 N–H and O–H groups in total. The third-order valence-corrected chi connectivity index (χ3v) is 2.65. The molecule has 0 saturated heterocycles. The molecule has 4 nitrogen and oxygen atoms in total. The normalized spacial score (nSPS) is 23.7. The zero-order valence-corrected chi connectivity index (χ0v) is 9.24. The van der Waals surface area contributed by atoms with Gasteiger partial charge in [-0.25, -0.2) is 0 Å². The van der Waals surface area contributed by atoms with Crippen LogP contribution >= 0.6 is 0 Å². The fourth-order valence-electron chi connectivity index (χ4n) is 1.61. The summed E-state index contributed by atoms with van der Waals surface area (Å²) in [6.45, 7) is 0.269. The summed E-state index contributed by atoms with van der Waals surface area (Å²) in [5.41, 5.74) is 6.70. The molecular formula is C11H11F3N2O2. The van der Waals surface area contributed by atoms with Crippen molar-refractivity contribution >= 4 is 5.71 Å². The van der Waals surface area contributed by atoms with Crippen molar-refractivity contribution in [3.8, 4) is 0 Å². The van der Waals surface area contributed by atoms with E-state index < -0.39 is 18.4 Å². The molecule has 0 radical (unpaired) electrons. The van der Waals surface area contributed by atoms with Gasteiger partial charge in [0.15, 0.2) is 0 Å². The van der Waals surface area contributed by atoms with E-state index in [-0.39, 0.29) is 12.3 Å². The van der Waals surface area contributed by atoms with Crippen LogP contribution in [0, 0.1) is 0 Å². The van der Waals surface area contributed by atoms with Gasteiger partial charge in [-0.1, -0.05) is 23.4 Å². The molecule has 2 rings (SSSR count). The molecule has 0 spiro atoms. The highest BCUT2D eigenvalue weighted by Crippen LogP contribution is 2.38. The highest BCUT2D eigenvalue weighted by molar-refractivity contribution is 6.01. The number of nitrogens with two attached hydrogens (primary N) is 1. The van der Waals surface area contributed by atoms with Crippen LogP contribution in [0.4, 0.5) is 13.2 Å². The van der Waals surface area contributed by atoms with Crippen LogP contribution < -0.4 is 5.73 Å². The Labute approximate surface area is 101 Å². The standard InChI is InChI=1S/C11H11F3N2O2/c12-11(13,14)10(17)5-9(16-18-10)8-3-1-2-7(4-8)6-15/h1-4,17H,5-6,15H2/t10-/m0/s1. The third-order valence-electron chi connectivity index (χ3n) is 2.65. The second kappa shape index (κ2) is 4.25. The number of rotatable bonds is 2. The van der Waals surface area contributed by atoms with Gasteiger partial charge in [-0.05, 0) is 17.2 Å². The summed E-state index contributed by atoms with van der Waals surface area (Å²) in [7, 11) is 0. The van der Waals surface area contributed by atoms with Gasteiger partial charge in [-0.2, -0.15) is 13.2 Å². The predicted octanol–water partition coefficient (Wildman–Crippen LogP) is 1.52. The highest BCUT2D eigenvalue weighted by Gasteiger charge is 2.60. The van der Waals surface area contributed by atoms with E-state index in [9.17, 15) is 18.3 Å². The van der Waals surface area contributed by atoms with Crippen molar-refractivity contribution in [2.75, 3.05) is 0 Å². The monoisotopic (exact) mass is 260 g/mol. The molecule has 1 aliphatic heterocycles. The topological polar surface area (TPSA) is 67.8 Å². The van der Waals surface area contributed by atoms with Crippen LogP contribution in [0.15, 0.2) is 29.4 Å². The second-order valence-electron chi connectivity index (χ2n) is 3.99. The minimum absolute atomic E-state index is 0.0464. The molecule has 7 heteroatoms. The minimum Gasteiger partial charge on any atom is -0.350 e. The maximum absolute atomic E-state index is 12.5. The van der Waals surface area contributed by atoms with E-state index >= 15 is 0 Å². The molecule has 18 heavy (non-hydrogen) atoms. The van der Waals surface area contributed by atoms with Gasteiger partial charge in [0.2, 0.25) is 0 Å². The van der Waals surface area contributed by atoms with Crippen LogP contribution in [-0.2, 0) is 11.4 Å². The molecule has 0 aromatic heterocycles. The zero-order chi connectivity index (χ0) is 13.4. The van der Waals surface area contributed by atoms with Crippen molar-refractivity contribution < 1.29 is 23.1 Å². The van der Waals surface area contributed by atoms with Crippen molar-refractivity contribution in [2.45, 2.75) is 24.9 Å². The first kappa shape index (κ1) is 12.8. The van der Waals surface area contributed by atoms with Crippen molar-refractivity contribution in [3.05, 3.63) is 35.4 Å². The Morgan fingerprint density at radius 2 is 2.17 bits per heavy atom. The SMILES string of the molecule is NCc1cccc(C2=NO[C@](O)(C(F)(F)F)C2)c1. The van der Waals surface area contributed by atoms with E-state index in [0.29, 0.717) is 5.56 Å². The van der Waals surface area contributed by atoms with Gasteiger partial charge in [0, 0.05) is 6.54 Å². The van der Waals surface area contributed by atoms with Gasteiger partial charge in [0.25, 0.3) is 0 Å². The van der Waals surface area contributed by atoms with Gasteiger partial charge in [0.1, 0.15) is 0 Å². The number of hydrogen-bond donors (Lipinski definition) is 2. The van der Waals surface area contributed by atoms with Gasteiger partial charge >= 0.3 is 12.0 Å². The molecule has 1 aromatic rings. The van der Waals surface area contributed by atoms with E-state index in [2.05, 4.69) is 9.99 Å². The Bertz CT molecular complexity index is 487. The number of benzene rings is 1. The first-order valence-corrected chi connectivity index (χ1v) is 5.19. The fourth-order valence-corrected chi connectivity index (χ4v) is 1.61. The van der Waals surface area contributed by atoms with E-state index in [1.807, 2.05) is 0 Å². The first-order valence-electron chi connectivity index (χ1n) is 5.19. The van der Waals surface area contributed by atoms with Gasteiger partial charge in [-0.3, -0.25) is 0 Å². The summed E-state index contributed by atoms with van der Waals surface area (Å²) < 4.78 is 37.5. The lowest BCUT2D eigenvalue weighted by Gasteiger charge is -2.22. The summed E-state index contributed by atoms with van der Waals surface area (Å²) in [5, 5.41) is 12.6. The van der Waals surface area contributed by atoms with Crippen LogP contribution in [0.2, 0.25) is 0 Å². The van der Waals surface area contributed by atoms with E-state index in [1.54, 1.807) is 24.3 Å². The smallest absolute Gasteiger partial charge is 0.350 e. The third kappa shape index (κ3) is 2.19. The summed E-state index contributed by atoms with van der Waals surface area (Å²) in [6, 6.07) is 6.61. The molecular weight excluding hydrogens is 249 g/mol. The Morgan fingerprint density at radius 1 is 1.44 bits per heavy atom. The quantitative estimate of drug-likeness (QED) is 0.847. The molecule has 0 unspecified atom stereocenters. The van der Waals surface area contributed by atoms with Crippen molar-refractivity contribution in [1.82, 2.24) is 0 Å². The average Bonchev–Trinajstić information content (AvgIpc) is 2.73. The van der Waals surface area contributed by atoms with E-state index in [0.717, 1.165) is 5.56 Å². The molecule has 1 aromatic carbocycles. The van der Waals surface area contributed by atoms with Gasteiger partial charge in [-0.15, -0.1) is 0 Å². The van der Waals surface area contributed by atoms with Gasteiger partial charge in [0.05, 0.1) is 12.1 Å². The van der Waals surface area contributed by atoms with Crippen LogP contribution in [0.1, 0.15) is 17.5 Å². The van der Waals surface area contributed by atoms with Crippen molar-refractivity contribution in [2.24, 2.45) is 10.9 Å².